The highest BCUT2D eigenvalue weighted by atomic mass is 16.4. The molecule has 0 radical (unpaired) electrons. The van der Waals surface area contributed by atoms with E-state index in [1.165, 1.54) is 4.90 Å². The average molecular weight is 235 g/mol. The van der Waals surface area contributed by atoms with Crippen molar-refractivity contribution in [3.05, 3.63) is 35.4 Å². The Morgan fingerprint density at radius 3 is 3.00 bits per heavy atom. The molecule has 2 rings (SSSR count). The van der Waals surface area contributed by atoms with Crippen LogP contribution in [0.4, 0.5) is 4.79 Å². The Hall–Kier alpha value is -1.59. The summed E-state index contributed by atoms with van der Waals surface area (Å²) in [6.07, 6.45) is -0.872. The summed E-state index contributed by atoms with van der Waals surface area (Å²) in [5, 5.41) is 12.4. The lowest BCUT2D eigenvalue weighted by Gasteiger charge is -2.35. The zero-order valence-corrected chi connectivity index (χ0v) is 9.60. The zero-order valence-electron chi connectivity index (χ0n) is 9.60. The molecule has 1 heterocycles. The Morgan fingerprint density at radius 1 is 1.53 bits per heavy atom. The van der Waals surface area contributed by atoms with Crippen molar-refractivity contribution in [2.45, 2.75) is 12.6 Å². The molecule has 5 nitrogen and oxygen atoms in total. The Morgan fingerprint density at radius 2 is 2.29 bits per heavy atom. The van der Waals surface area contributed by atoms with E-state index >= 15 is 0 Å². The Balaban J connectivity index is 2.32. The van der Waals surface area contributed by atoms with Gasteiger partial charge in [-0.3, -0.25) is 4.90 Å². The minimum Gasteiger partial charge on any atom is -0.465 e. The predicted molar refractivity (Wildman–Crippen MR) is 64.7 cm³/mol. The number of nitrogens with zero attached hydrogens (tertiary/aromatic N) is 1. The van der Waals surface area contributed by atoms with E-state index in [1.807, 2.05) is 24.3 Å². The largest absolute Gasteiger partial charge is 0.465 e. The molecule has 1 aromatic rings. The molecule has 1 unspecified atom stereocenters. The van der Waals surface area contributed by atoms with Crippen LogP contribution < -0.4 is 11.1 Å². The van der Waals surface area contributed by atoms with Crippen LogP contribution in [0, 0.1) is 0 Å². The first-order chi connectivity index (χ1) is 8.24. The number of rotatable bonds is 2. The van der Waals surface area contributed by atoms with Gasteiger partial charge in [0.1, 0.15) is 0 Å². The maximum absolute atomic E-state index is 11.2. The van der Waals surface area contributed by atoms with E-state index in [4.69, 9.17) is 5.73 Å². The molecule has 92 valence electrons. The topological polar surface area (TPSA) is 78.6 Å². The molecular formula is C12H17N3O2. The van der Waals surface area contributed by atoms with Crippen molar-refractivity contribution in [3.8, 4) is 0 Å². The monoisotopic (exact) mass is 235 g/mol. The normalized spacial score (nSPS) is 20.3. The Labute approximate surface area is 100 Å². The van der Waals surface area contributed by atoms with Gasteiger partial charge in [-0.15, -0.1) is 0 Å². The minimum atomic E-state index is -0.872. The van der Waals surface area contributed by atoms with Gasteiger partial charge in [0.15, 0.2) is 0 Å². The van der Waals surface area contributed by atoms with Crippen molar-refractivity contribution < 1.29 is 9.90 Å². The van der Waals surface area contributed by atoms with Crippen LogP contribution in [0.3, 0.4) is 0 Å². The van der Waals surface area contributed by atoms with E-state index in [-0.39, 0.29) is 6.04 Å². The molecule has 0 aliphatic carbocycles. The second-order valence-corrected chi connectivity index (χ2v) is 4.10. The molecule has 1 amide bonds. The van der Waals surface area contributed by atoms with Crippen LogP contribution in [0.5, 0.6) is 0 Å². The zero-order chi connectivity index (χ0) is 12.3. The van der Waals surface area contributed by atoms with E-state index in [9.17, 15) is 9.90 Å². The van der Waals surface area contributed by atoms with Gasteiger partial charge in [0.25, 0.3) is 0 Å². The standard InChI is InChI=1S/C12H17N3O2/c13-7-9-3-1-2-4-10(9)11-8-14-5-6-15(11)12(16)17/h1-4,11,14H,5-8,13H2,(H,16,17). The van der Waals surface area contributed by atoms with Gasteiger partial charge in [-0.1, -0.05) is 24.3 Å². The fourth-order valence-corrected chi connectivity index (χ4v) is 2.26. The number of nitrogens with one attached hydrogen (secondary N) is 1. The van der Waals surface area contributed by atoms with Crippen LogP contribution >= 0.6 is 0 Å². The molecule has 0 bridgehead atoms. The van der Waals surface area contributed by atoms with Crippen LogP contribution in [0.25, 0.3) is 0 Å². The van der Waals surface area contributed by atoms with Crippen molar-refractivity contribution in [1.82, 2.24) is 10.2 Å². The van der Waals surface area contributed by atoms with Crippen LogP contribution in [-0.4, -0.2) is 35.7 Å². The molecule has 1 saturated heterocycles. The van der Waals surface area contributed by atoms with Gasteiger partial charge in [0.05, 0.1) is 6.04 Å². The highest BCUT2D eigenvalue weighted by molar-refractivity contribution is 5.66. The number of benzene rings is 1. The lowest BCUT2D eigenvalue weighted by Crippen LogP contribution is -2.48. The average Bonchev–Trinajstić information content (AvgIpc) is 2.38. The van der Waals surface area contributed by atoms with Crippen molar-refractivity contribution >= 4 is 6.09 Å². The van der Waals surface area contributed by atoms with Gasteiger partial charge in [-0.05, 0) is 11.1 Å². The third-order valence-electron chi connectivity index (χ3n) is 3.12. The molecule has 0 spiro atoms. The van der Waals surface area contributed by atoms with E-state index in [0.717, 1.165) is 11.1 Å². The smallest absolute Gasteiger partial charge is 0.407 e. The molecule has 17 heavy (non-hydrogen) atoms. The molecule has 1 fully saturated rings. The second-order valence-electron chi connectivity index (χ2n) is 4.10. The SMILES string of the molecule is NCc1ccccc1C1CNCCN1C(=O)O. The van der Waals surface area contributed by atoms with Crippen LogP contribution in [0.2, 0.25) is 0 Å². The molecule has 1 atom stereocenters. The van der Waals surface area contributed by atoms with Gasteiger partial charge < -0.3 is 16.2 Å². The molecular weight excluding hydrogens is 218 g/mol. The molecule has 1 aliphatic rings. The fraction of sp³-hybridized carbons (Fsp3) is 0.417. The summed E-state index contributed by atoms with van der Waals surface area (Å²) in [5.74, 6) is 0. The van der Waals surface area contributed by atoms with Crippen molar-refractivity contribution in [1.29, 1.82) is 0 Å². The van der Waals surface area contributed by atoms with E-state index in [0.29, 0.717) is 26.2 Å². The third kappa shape index (κ3) is 2.40. The molecule has 0 saturated carbocycles. The van der Waals surface area contributed by atoms with E-state index in [1.54, 1.807) is 0 Å². The summed E-state index contributed by atoms with van der Waals surface area (Å²) in [4.78, 5) is 12.7. The van der Waals surface area contributed by atoms with Crippen molar-refractivity contribution in [2.75, 3.05) is 19.6 Å². The van der Waals surface area contributed by atoms with Crippen LogP contribution in [0.1, 0.15) is 17.2 Å². The highest BCUT2D eigenvalue weighted by Gasteiger charge is 2.28. The summed E-state index contributed by atoms with van der Waals surface area (Å²) < 4.78 is 0. The van der Waals surface area contributed by atoms with E-state index in [2.05, 4.69) is 5.32 Å². The second kappa shape index (κ2) is 5.16. The van der Waals surface area contributed by atoms with Gasteiger partial charge in [-0.2, -0.15) is 0 Å². The Kier molecular flexibility index (Phi) is 3.61. The number of carbonyl (C=O) groups is 1. The maximum Gasteiger partial charge on any atom is 0.407 e. The summed E-state index contributed by atoms with van der Waals surface area (Å²) in [5.41, 5.74) is 7.70. The first-order valence-corrected chi connectivity index (χ1v) is 5.72. The quantitative estimate of drug-likeness (QED) is 0.707. The molecule has 1 aromatic carbocycles. The van der Waals surface area contributed by atoms with Gasteiger partial charge in [-0.25, -0.2) is 4.79 Å². The summed E-state index contributed by atoms with van der Waals surface area (Å²) >= 11 is 0. The Bertz CT molecular complexity index is 408. The summed E-state index contributed by atoms with van der Waals surface area (Å²) in [7, 11) is 0. The van der Waals surface area contributed by atoms with Gasteiger partial charge >= 0.3 is 6.09 Å². The maximum atomic E-state index is 11.2. The number of amides is 1. The van der Waals surface area contributed by atoms with E-state index < -0.39 is 6.09 Å². The minimum absolute atomic E-state index is 0.138. The predicted octanol–water partition coefficient (Wildman–Crippen LogP) is 0.770. The van der Waals surface area contributed by atoms with Crippen molar-refractivity contribution in [3.63, 3.8) is 0 Å². The summed E-state index contributed by atoms with van der Waals surface area (Å²) in [6.45, 7) is 2.29. The van der Waals surface area contributed by atoms with Crippen LogP contribution in [-0.2, 0) is 6.54 Å². The molecule has 5 heteroatoms. The lowest BCUT2D eigenvalue weighted by atomic mass is 9.98. The number of piperazine rings is 1. The van der Waals surface area contributed by atoms with Crippen molar-refractivity contribution in [2.24, 2.45) is 5.73 Å². The summed E-state index contributed by atoms with van der Waals surface area (Å²) in [6, 6.07) is 7.61. The third-order valence-corrected chi connectivity index (χ3v) is 3.12. The lowest BCUT2D eigenvalue weighted by molar-refractivity contribution is 0.112. The van der Waals surface area contributed by atoms with Crippen LogP contribution in [0.15, 0.2) is 24.3 Å². The molecule has 0 aromatic heterocycles. The number of hydrogen-bond acceptors (Lipinski definition) is 3. The number of hydrogen-bond donors (Lipinski definition) is 3. The highest BCUT2D eigenvalue weighted by Crippen LogP contribution is 2.25. The first-order valence-electron chi connectivity index (χ1n) is 5.72. The van der Waals surface area contributed by atoms with Gasteiger partial charge in [0.2, 0.25) is 0 Å². The number of carboxylic acid groups (broad SMARTS) is 1. The number of nitrogens with two attached hydrogens (primary N) is 1. The molecule has 4 N–H and O–H groups in total. The van der Waals surface area contributed by atoms with Gasteiger partial charge in [0, 0.05) is 26.2 Å². The fourth-order valence-electron chi connectivity index (χ4n) is 2.26. The molecule has 1 aliphatic heterocycles. The first kappa shape index (κ1) is 11.9.